The van der Waals surface area contributed by atoms with Gasteiger partial charge in [0.05, 0.1) is 0 Å². The molecule has 0 spiro atoms. The number of rotatable bonds is 3. The first-order valence-electron chi connectivity index (χ1n) is 3.42. The Kier molecular flexibility index (Phi) is 3.02. The molecule has 1 rings (SSSR count). The van der Waals surface area contributed by atoms with E-state index in [2.05, 4.69) is 26.0 Å². The fourth-order valence-corrected chi connectivity index (χ4v) is 1.02. The Morgan fingerprint density at radius 1 is 1.82 bits per heavy atom. The topological polar surface area (TPSA) is 39.9 Å². The van der Waals surface area contributed by atoms with Crippen LogP contribution in [0.25, 0.3) is 0 Å². The first kappa shape index (κ1) is 8.67. The van der Waals surface area contributed by atoms with Gasteiger partial charge in [0.15, 0.2) is 0 Å². The minimum atomic E-state index is -0.0428. The van der Waals surface area contributed by atoms with Crippen molar-refractivity contribution in [2.24, 2.45) is 0 Å². The van der Waals surface area contributed by atoms with Gasteiger partial charge in [0.1, 0.15) is 12.6 Å². The molecule has 0 saturated carbocycles. The summed E-state index contributed by atoms with van der Waals surface area (Å²) in [6.07, 6.45) is 1.59. The maximum atomic E-state index is 5.28. The molecule has 0 saturated heterocycles. The highest BCUT2D eigenvalue weighted by atomic mass is 79.9. The van der Waals surface area contributed by atoms with Crippen molar-refractivity contribution >= 4 is 15.9 Å². The van der Waals surface area contributed by atoms with Gasteiger partial charge >= 0.3 is 0 Å². The standard InChI is InChI=1S/C6H10BrN3O/c1-3-11-5(2)10-4-8-6(7)9-10/h4-5H,3H2,1-2H3/t5-/m1/s1. The third-order valence-electron chi connectivity index (χ3n) is 1.26. The summed E-state index contributed by atoms with van der Waals surface area (Å²) in [7, 11) is 0. The third-order valence-corrected chi connectivity index (χ3v) is 1.62. The average molecular weight is 220 g/mol. The summed E-state index contributed by atoms with van der Waals surface area (Å²) in [5.41, 5.74) is 0. The number of hydrogen-bond donors (Lipinski definition) is 0. The smallest absolute Gasteiger partial charge is 0.217 e. The van der Waals surface area contributed by atoms with Gasteiger partial charge < -0.3 is 4.74 Å². The monoisotopic (exact) mass is 219 g/mol. The van der Waals surface area contributed by atoms with E-state index < -0.39 is 0 Å². The number of hydrogen-bond acceptors (Lipinski definition) is 3. The predicted molar refractivity (Wildman–Crippen MR) is 44.1 cm³/mol. The molecule has 0 amide bonds. The van der Waals surface area contributed by atoms with Crippen LogP contribution in [0.5, 0.6) is 0 Å². The predicted octanol–water partition coefficient (Wildman–Crippen LogP) is 1.60. The van der Waals surface area contributed by atoms with Crippen molar-refractivity contribution in [3.8, 4) is 0 Å². The molecule has 11 heavy (non-hydrogen) atoms. The SMILES string of the molecule is CCO[C@H](C)n1cnc(Br)n1. The van der Waals surface area contributed by atoms with Crippen LogP contribution >= 0.6 is 15.9 Å². The third kappa shape index (κ3) is 2.27. The second-order valence-corrected chi connectivity index (χ2v) is 2.76. The lowest BCUT2D eigenvalue weighted by Crippen LogP contribution is -2.09. The van der Waals surface area contributed by atoms with Crippen LogP contribution in [0.2, 0.25) is 0 Å². The van der Waals surface area contributed by atoms with Crippen LogP contribution in [-0.4, -0.2) is 21.4 Å². The van der Waals surface area contributed by atoms with Crippen molar-refractivity contribution < 1.29 is 4.74 Å². The van der Waals surface area contributed by atoms with Crippen molar-refractivity contribution in [3.05, 3.63) is 11.1 Å². The van der Waals surface area contributed by atoms with Gasteiger partial charge in [-0.2, -0.15) is 0 Å². The van der Waals surface area contributed by atoms with Gasteiger partial charge in [-0.1, -0.05) is 0 Å². The van der Waals surface area contributed by atoms with Crippen LogP contribution in [0, 0.1) is 0 Å². The zero-order chi connectivity index (χ0) is 8.27. The molecule has 0 aliphatic heterocycles. The largest absolute Gasteiger partial charge is 0.357 e. The number of halogens is 1. The molecule has 0 N–H and O–H groups in total. The highest BCUT2D eigenvalue weighted by Gasteiger charge is 2.04. The molecule has 1 aromatic heterocycles. The summed E-state index contributed by atoms with van der Waals surface area (Å²) in [4.78, 5) is 3.91. The van der Waals surface area contributed by atoms with Crippen molar-refractivity contribution in [2.45, 2.75) is 20.1 Å². The molecule has 62 valence electrons. The van der Waals surface area contributed by atoms with Crippen LogP contribution < -0.4 is 0 Å². The zero-order valence-electron chi connectivity index (χ0n) is 6.49. The number of ether oxygens (including phenoxy) is 1. The molecule has 0 radical (unpaired) electrons. The lowest BCUT2D eigenvalue weighted by atomic mass is 10.6. The quantitative estimate of drug-likeness (QED) is 0.776. The minimum absolute atomic E-state index is 0.0428. The van der Waals surface area contributed by atoms with Crippen molar-refractivity contribution in [1.29, 1.82) is 0 Å². The summed E-state index contributed by atoms with van der Waals surface area (Å²) in [6, 6.07) is 0. The first-order valence-corrected chi connectivity index (χ1v) is 4.21. The van der Waals surface area contributed by atoms with Crippen LogP contribution in [0.4, 0.5) is 0 Å². The van der Waals surface area contributed by atoms with E-state index in [-0.39, 0.29) is 6.23 Å². The Bertz CT molecular complexity index is 225. The number of nitrogens with zero attached hydrogens (tertiary/aromatic N) is 3. The molecule has 1 aromatic rings. The van der Waals surface area contributed by atoms with Gasteiger partial charge in [-0.25, -0.2) is 9.67 Å². The highest BCUT2D eigenvalue weighted by Crippen LogP contribution is 2.07. The second-order valence-electron chi connectivity index (χ2n) is 2.05. The van der Waals surface area contributed by atoms with E-state index in [1.165, 1.54) is 0 Å². The lowest BCUT2D eigenvalue weighted by molar-refractivity contribution is 0.0155. The fraction of sp³-hybridized carbons (Fsp3) is 0.667. The molecule has 0 unspecified atom stereocenters. The van der Waals surface area contributed by atoms with E-state index in [0.29, 0.717) is 11.3 Å². The molecular formula is C6H10BrN3O. The average Bonchev–Trinajstić information content (AvgIpc) is 2.36. The Labute approximate surface area is 73.7 Å². The molecule has 1 atom stereocenters. The number of aromatic nitrogens is 3. The van der Waals surface area contributed by atoms with E-state index >= 15 is 0 Å². The van der Waals surface area contributed by atoms with Gasteiger partial charge in [0.2, 0.25) is 4.73 Å². The lowest BCUT2D eigenvalue weighted by Gasteiger charge is -2.09. The summed E-state index contributed by atoms with van der Waals surface area (Å²) in [5.74, 6) is 0. The summed E-state index contributed by atoms with van der Waals surface area (Å²) in [6.45, 7) is 4.55. The van der Waals surface area contributed by atoms with E-state index in [0.717, 1.165) is 0 Å². The molecular weight excluding hydrogens is 210 g/mol. The van der Waals surface area contributed by atoms with Gasteiger partial charge in [-0.15, -0.1) is 5.10 Å². The van der Waals surface area contributed by atoms with Crippen molar-refractivity contribution in [2.75, 3.05) is 6.61 Å². The Hall–Kier alpha value is -0.420. The van der Waals surface area contributed by atoms with E-state index in [1.807, 2.05) is 13.8 Å². The Morgan fingerprint density at radius 2 is 2.55 bits per heavy atom. The van der Waals surface area contributed by atoms with E-state index in [4.69, 9.17) is 4.74 Å². The van der Waals surface area contributed by atoms with Gasteiger partial charge in [-0.3, -0.25) is 0 Å². The molecule has 0 aliphatic carbocycles. The molecule has 0 aliphatic rings. The summed E-state index contributed by atoms with van der Waals surface area (Å²) >= 11 is 3.15. The second kappa shape index (κ2) is 3.82. The molecule has 1 heterocycles. The maximum Gasteiger partial charge on any atom is 0.217 e. The summed E-state index contributed by atoms with van der Waals surface area (Å²) in [5, 5.41) is 4.03. The van der Waals surface area contributed by atoms with Crippen LogP contribution in [0.3, 0.4) is 0 Å². The fourth-order valence-electron chi connectivity index (χ4n) is 0.746. The maximum absolute atomic E-state index is 5.28. The molecule has 0 fully saturated rings. The molecule has 4 nitrogen and oxygen atoms in total. The van der Waals surface area contributed by atoms with E-state index in [9.17, 15) is 0 Å². The van der Waals surface area contributed by atoms with Gasteiger partial charge in [0, 0.05) is 6.61 Å². The van der Waals surface area contributed by atoms with Crippen LogP contribution in [0.1, 0.15) is 20.1 Å². The van der Waals surface area contributed by atoms with Crippen molar-refractivity contribution in [3.63, 3.8) is 0 Å². The van der Waals surface area contributed by atoms with E-state index in [1.54, 1.807) is 11.0 Å². The first-order chi connectivity index (χ1) is 5.24. The van der Waals surface area contributed by atoms with Crippen LogP contribution in [0.15, 0.2) is 11.1 Å². The highest BCUT2D eigenvalue weighted by molar-refractivity contribution is 9.10. The normalized spacial score (nSPS) is 13.4. The molecule has 0 aromatic carbocycles. The van der Waals surface area contributed by atoms with Crippen LogP contribution in [-0.2, 0) is 4.74 Å². The Morgan fingerprint density at radius 3 is 3.00 bits per heavy atom. The molecule has 0 bridgehead atoms. The van der Waals surface area contributed by atoms with Crippen molar-refractivity contribution in [1.82, 2.24) is 14.8 Å². The molecule has 5 heteroatoms. The van der Waals surface area contributed by atoms with Gasteiger partial charge in [-0.05, 0) is 29.8 Å². The van der Waals surface area contributed by atoms with Gasteiger partial charge in [0.25, 0.3) is 0 Å². The minimum Gasteiger partial charge on any atom is -0.357 e. The zero-order valence-corrected chi connectivity index (χ0v) is 8.08. The summed E-state index contributed by atoms with van der Waals surface area (Å²) < 4.78 is 7.53. The Balaban J connectivity index is 2.60.